The fraction of sp³-hybridized carbons (Fsp3) is 0.300. The van der Waals surface area contributed by atoms with E-state index < -0.39 is 0 Å². The highest BCUT2D eigenvalue weighted by Crippen LogP contribution is 2.35. The van der Waals surface area contributed by atoms with Gasteiger partial charge in [0.25, 0.3) is 0 Å². The van der Waals surface area contributed by atoms with Gasteiger partial charge >= 0.3 is 0 Å². The normalized spacial score (nSPS) is 14.8. The highest BCUT2D eigenvalue weighted by Gasteiger charge is 2.27. The number of carbonyl (C=O) groups excluding carboxylic acids is 1. The van der Waals surface area contributed by atoms with Crippen molar-refractivity contribution < 1.29 is 9.53 Å². The average Bonchev–Trinajstić information content (AvgIpc) is 3.24. The van der Waals surface area contributed by atoms with Gasteiger partial charge in [-0.15, -0.1) is 0 Å². The van der Waals surface area contributed by atoms with Crippen LogP contribution in [0.2, 0.25) is 0 Å². The quantitative estimate of drug-likeness (QED) is 0.383. The summed E-state index contributed by atoms with van der Waals surface area (Å²) in [6.07, 6.45) is 2.66. The number of piperazine rings is 1. The molecule has 5 rings (SSSR count). The maximum Gasteiger partial charge on any atom is 0.223 e. The summed E-state index contributed by atoms with van der Waals surface area (Å²) in [6.45, 7) is 5.13. The van der Waals surface area contributed by atoms with Gasteiger partial charge in [0.2, 0.25) is 5.91 Å². The van der Waals surface area contributed by atoms with Gasteiger partial charge in [-0.05, 0) is 36.2 Å². The monoisotopic (exact) mass is 467 g/mol. The van der Waals surface area contributed by atoms with E-state index in [1.54, 1.807) is 7.11 Å². The molecule has 0 radical (unpaired) electrons. The summed E-state index contributed by atoms with van der Waals surface area (Å²) in [7, 11) is 3.79. The third-order valence-corrected chi connectivity index (χ3v) is 7.22. The lowest BCUT2D eigenvalue weighted by molar-refractivity contribution is -0.131. The van der Waals surface area contributed by atoms with E-state index >= 15 is 0 Å². The molecule has 4 aromatic rings. The number of benzene rings is 3. The first-order chi connectivity index (χ1) is 17.0. The van der Waals surface area contributed by atoms with Crippen LogP contribution in [0.1, 0.15) is 29.0 Å². The van der Waals surface area contributed by atoms with Gasteiger partial charge in [-0.3, -0.25) is 4.79 Å². The third-order valence-electron chi connectivity index (χ3n) is 7.22. The molecule has 1 saturated heterocycles. The molecule has 1 fully saturated rings. The zero-order valence-electron chi connectivity index (χ0n) is 20.8. The van der Waals surface area contributed by atoms with E-state index in [1.165, 1.54) is 27.6 Å². The first-order valence-electron chi connectivity index (χ1n) is 12.3. The summed E-state index contributed by atoms with van der Waals surface area (Å²) in [5.41, 5.74) is 5.91. The van der Waals surface area contributed by atoms with E-state index in [2.05, 4.69) is 84.2 Å². The maximum atomic E-state index is 13.6. The first kappa shape index (κ1) is 23.0. The van der Waals surface area contributed by atoms with Crippen LogP contribution in [0, 0.1) is 6.92 Å². The molecule has 0 unspecified atom stereocenters. The highest BCUT2D eigenvalue weighted by atomic mass is 16.5. The molecule has 1 aromatic heterocycles. The minimum atomic E-state index is 0.0152. The molecule has 5 nitrogen and oxygen atoms in total. The lowest BCUT2D eigenvalue weighted by atomic mass is 9.87. The van der Waals surface area contributed by atoms with E-state index in [0.717, 1.165) is 24.5 Å². The van der Waals surface area contributed by atoms with Crippen molar-refractivity contribution in [3.05, 3.63) is 95.7 Å². The number of amides is 1. The van der Waals surface area contributed by atoms with Crippen molar-refractivity contribution >= 4 is 22.5 Å². The summed E-state index contributed by atoms with van der Waals surface area (Å²) in [5, 5.41) is 1.22. The molecule has 1 atom stereocenters. The van der Waals surface area contributed by atoms with Gasteiger partial charge in [0, 0.05) is 62.7 Å². The van der Waals surface area contributed by atoms with Crippen LogP contribution in [0.15, 0.2) is 79.0 Å². The van der Waals surface area contributed by atoms with Gasteiger partial charge < -0.3 is 19.1 Å². The molecule has 1 aliphatic rings. The minimum Gasteiger partial charge on any atom is -0.495 e. The van der Waals surface area contributed by atoms with Crippen molar-refractivity contribution in [1.82, 2.24) is 9.47 Å². The Bertz CT molecular complexity index is 1320. The Hall–Kier alpha value is -3.73. The summed E-state index contributed by atoms with van der Waals surface area (Å²) in [5.74, 6) is 1.10. The van der Waals surface area contributed by atoms with E-state index in [4.69, 9.17) is 4.74 Å². The molecular weight excluding hydrogens is 434 g/mol. The van der Waals surface area contributed by atoms with Crippen molar-refractivity contribution in [2.24, 2.45) is 7.05 Å². The molecule has 35 heavy (non-hydrogen) atoms. The molecule has 1 aliphatic heterocycles. The molecule has 5 heteroatoms. The molecule has 0 aliphatic carbocycles. The minimum absolute atomic E-state index is 0.0152. The SMILES string of the molecule is COc1ccccc1N1CCN(C(=O)C[C@H](c2ccc(C)cc2)c2cn(C)c3ccccc23)CC1. The predicted octanol–water partition coefficient (Wildman–Crippen LogP) is 5.37. The maximum absolute atomic E-state index is 13.6. The summed E-state index contributed by atoms with van der Waals surface area (Å²) < 4.78 is 7.71. The van der Waals surface area contributed by atoms with Gasteiger partial charge in [0.1, 0.15) is 5.75 Å². The molecule has 0 N–H and O–H groups in total. The van der Waals surface area contributed by atoms with Gasteiger partial charge in [-0.2, -0.15) is 0 Å². The van der Waals surface area contributed by atoms with Crippen LogP contribution in [0.3, 0.4) is 0 Å². The second-order valence-corrected chi connectivity index (χ2v) is 9.42. The van der Waals surface area contributed by atoms with Crippen molar-refractivity contribution in [1.29, 1.82) is 0 Å². The smallest absolute Gasteiger partial charge is 0.223 e. The molecule has 3 aromatic carbocycles. The van der Waals surface area contributed by atoms with Crippen LogP contribution in [0.5, 0.6) is 5.75 Å². The fourth-order valence-corrected chi connectivity index (χ4v) is 5.25. The molecule has 2 heterocycles. The van der Waals surface area contributed by atoms with Crippen LogP contribution in [-0.4, -0.2) is 48.7 Å². The number of rotatable bonds is 6. The molecule has 0 bridgehead atoms. The van der Waals surface area contributed by atoms with Crippen molar-refractivity contribution in [2.45, 2.75) is 19.3 Å². The lowest BCUT2D eigenvalue weighted by Gasteiger charge is -2.37. The Balaban J connectivity index is 1.37. The number of carbonyl (C=O) groups is 1. The summed E-state index contributed by atoms with van der Waals surface area (Å²) >= 11 is 0. The van der Waals surface area contributed by atoms with Crippen LogP contribution < -0.4 is 9.64 Å². The number of anilines is 1. The van der Waals surface area contributed by atoms with Gasteiger partial charge in [0.05, 0.1) is 12.8 Å². The average molecular weight is 468 g/mol. The van der Waals surface area contributed by atoms with Crippen LogP contribution in [-0.2, 0) is 11.8 Å². The Morgan fingerprint density at radius 1 is 0.914 bits per heavy atom. The number of methoxy groups -OCH3 is 1. The number of aromatic nitrogens is 1. The molecule has 1 amide bonds. The van der Waals surface area contributed by atoms with Crippen LogP contribution in [0.25, 0.3) is 10.9 Å². The van der Waals surface area contributed by atoms with Crippen LogP contribution >= 0.6 is 0 Å². The zero-order chi connectivity index (χ0) is 24.4. The van der Waals surface area contributed by atoms with Crippen molar-refractivity contribution in [3.8, 4) is 5.75 Å². The van der Waals surface area contributed by atoms with Crippen molar-refractivity contribution in [3.63, 3.8) is 0 Å². The molecule has 180 valence electrons. The summed E-state index contributed by atoms with van der Waals surface area (Å²) in [4.78, 5) is 17.9. The fourth-order valence-electron chi connectivity index (χ4n) is 5.25. The number of hydrogen-bond acceptors (Lipinski definition) is 3. The second-order valence-electron chi connectivity index (χ2n) is 9.42. The summed E-state index contributed by atoms with van der Waals surface area (Å²) in [6, 6.07) is 25.2. The van der Waals surface area contributed by atoms with E-state index in [1.807, 2.05) is 23.1 Å². The Morgan fingerprint density at radius 2 is 1.60 bits per heavy atom. The second kappa shape index (κ2) is 9.87. The predicted molar refractivity (Wildman–Crippen MR) is 142 cm³/mol. The number of aryl methyl sites for hydroxylation is 2. The molecule has 0 saturated carbocycles. The van der Waals surface area contributed by atoms with Crippen molar-refractivity contribution in [2.75, 3.05) is 38.2 Å². The largest absolute Gasteiger partial charge is 0.495 e. The third kappa shape index (κ3) is 4.63. The lowest BCUT2D eigenvalue weighted by Crippen LogP contribution is -2.49. The Morgan fingerprint density at radius 3 is 2.34 bits per heavy atom. The highest BCUT2D eigenvalue weighted by molar-refractivity contribution is 5.86. The Labute approximate surface area is 207 Å². The topological polar surface area (TPSA) is 37.7 Å². The first-order valence-corrected chi connectivity index (χ1v) is 12.3. The van der Waals surface area contributed by atoms with Gasteiger partial charge in [0.15, 0.2) is 0 Å². The Kier molecular flexibility index (Phi) is 6.49. The number of ether oxygens (including phenoxy) is 1. The van der Waals surface area contributed by atoms with Gasteiger partial charge in [-0.1, -0.05) is 60.2 Å². The number of hydrogen-bond donors (Lipinski definition) is 0. The van der Waals surface area contributed by atoms with E-state index in [0.29, 0.717) is 19.5 Å². The number of para-hydroxylation sites is 3. The molecular formula is C30H33N3O2. The van der Waals surface area contributed by atoms with E-state index in [9.17, 15) is 4.79 Å². The molecule has 0 spiro atoms. The standard InChI is InChI=1S/C30H33N3O2/c1-22-12-14-23(15-13-22)25(26-21-31(2)27-9-5-4-8-24(26)27)20-30(34)33-18-16-32(17-19-33)28-10-6-7-11-29(28)35-3/h4-15,21,25H,16-20H2,1-3H3/t25-/m1/s1. The van der Waals surface area contributed by atoms with Crippen LogP contribution in [0.4, 0.5) is 5.69 Å². The number of nitrogens with zero attached hydrogens (tertiary/aromatic N) is 3. The number of fused-ring (bicyclic) bond motifs is 1. The zero-order valence-corrected chi connectivity index (χ0v) is 20.8. The van der Waals surface area contributed by atoms with Gasteiger partial charge in [-0.25, -0.2) is 0 Å². The van der Waals surface area contributed by atoms with E-state index in [-0.39, 0.29) is 11.8 Å².